The summed E-state index contributed by atoms with van der Waals surface area (Å²) in [5, 5.41) is 12.6. The molecule has 0 unspecified atom stereocenters. The van der Waals surface area contributed by atoms with E-state index in [2.05, 4.69) is 20.6 Å². The van der Waals surface area contributed by atoms with Crippen molar-refractivity contribution in [2.24, 2.45) is 7.05 Å². The zero-order valence-electron chi connectivity index (χ0n) is 11.3. The van der Waals surface area contributed by atoms with Crippen LogP contribution in [0.15, 0.2) is 40.9 Å². The van der Waals surface area contributed by atoms with Crippen molar-refractivity contribution in [1.82, 2.24) is 19.7 Å². The maximum Gasteiger partial charge on any atom is 0.191 e. The van der Waals surface area contributed by atoms with Crippen LogP contribution in [0.2, 0.25) is 0 Å². The quantitative estimate of drug-likeness (QED) is 0.691. The van der Waals surface area contributed by atoms with Crippen LogP contribution in [0.25, 0.3) is 11.4 Å². The number of hydrogen-bond donors (Lipinski definition) is 0. The van der Waals surface area contributed by atoms with Crippen LogP contribution >= 0.6 is 23.1 Å². The number of benzene rings is 1. The van der Waals surface area contributed by atoms with Crippen LogP contribution in [0.5, 0.6) is 0 Å². The summed E-state index contributed by atoms with van der Waals surface area (Å²) in [7, 11) is 2.00. The predicted molar refractivity (Wildman–Crippen MR) is 82.9 cm³/mol. The summed E-state index contributed by atoms with van der Waals surface area (Å²) >= 11 is 3.34. The highest BCUT2D eigenvalue weighted by Gasteiger charge is 2.11. The van der Waals surface area contributed by atoms with Gasteiger partial charge in [0.1, 0.15) is 0 Å². The molecule has 0 fully saturated rings. The van der Waals surface area contributed by atoms with Crippen molar-refractivity contribution in [2.75, 3.05) is 0 Å². The first-order chi connectivity index (χ1) is 9.74. The summed E-state index contributed by atoms with van der Waals surface area (Å²) < 4.78 is 2.03. The Labute approximate surface area is 125 Å². The molecule has 3 rings (SSSR count). The van der Waals surface area contributed by atoms with Gasteiger partial charge in [0.25, 0.3) is 0 Å². The molecule has 2 aromatic heterocycles. The lowest BCUT2D eigenvalue weighted by atomic mass is 10.2. The Kier molecular flexibility index (Phi) is 3.84. The van der Waals surface area contributed by atoms with Crippen LogP contribution in [0.1, 0.15) is 10.7 Å². The third-order valence-corrected chi connectivity index (χ3v) is 4.76. The van der Waals surface area contributed by atoms with E-state index in [1.807, 2.05) is 48.9 Å². The highest BCUT2D eigenvalue weighted by atomic mass is 32.2. The van der Waals surface area contributed by atoms with Gasteiger partial charge in [0.2, 0.25) is 0 Å². The summed E-state index contributed by atoms with van der Waals surface area (Å²) in [4.78, 5) is 4.46. The molecule has 0 spiro atoms. The van der Waals surface area contributed by atoms with Crippen LogP contribution in [-0.2, 0) is 12.8 Å². The fourth-order valence-corrected chi connectivity index (χ4v) is 3.41. The monoisotopic (exact) mass is 302 g/mol. The number of aryl methyl sites for hydroxylation is 1. The molecule has 0 N–H and O–H groups in total. The van der Waals surface area contributed by atoms with Gasteiger partial charge in [-0.25, -0.2) is 4.98 Å². The van der Waals surface area contributed by atoms with Crippen LogP contribution in [0, 0.1) is 6.92 Å². The number of nitrogens with zero attached hydrogens (tertiary/aromatic N) is 4. The fraction of sp³-hybridized carbons (Fsp3) is 0.214. The number of thiazole rings is 1. The summed E-state index contributed by atoms with van der Waals surface area (Å²) in [5.41, 5.74) is 2.18. The van der Waals surface area contributed by atoms with E-state index >= 15 is 0 Å². The van der Waals surface area contributed by atoms with Crippen LogP contribution in [0.3, 0.4) is 0 Å². The highest BCUT2D eigenvalue weighted by molar-refractivity contribution is 7.98. The molecule has 2 heterocycles. The van der Waals surface area contributed by atoms with Crippen molar-refractivity contribution in [3.05, 3.63) is 46.4 Å². The minimum absolute atomic E-state index is 0.825. The molecule has 6 heteroatoms. The van der Waals surface area contributed by atoms with E-state index in [4.69, 9.17) is 0 Å². The van der Waals surface area contributed by atoms with E-state index in [9.17, 15) is 0 Å². The molecule has 0 atom stereocenters. The molecule has 0 saturated carbocycles. The molecule has 0 radical (unpaired) electrons. The van der Waals surface area contributed by atoms with Crippen LogP contribution in [-0.4, -0.2) is 19.7 Å². The van der Waals surface area contributed by atoms with Gasteiger partial charge >= 0.3 is 0 Å². The molecule has 3 aromatic rings. The summed E-state index contributed by atoms with van der Waals surface area (Å²) in [6.07, 6.45) is 0. The first-order valence-corrected chi connectivity index (χ1v) is 8.09. The average Bonchev–Trinajstić information content (AvgIpc) is 3.04. The normalized spacial score (nSPS) is 10.9. The van der Waals surface area contributed by atoms with Gasteiger partial charge in [0.05, 0.1) is 10.7 Å². The third kappa shape index (κ3) is 2.76. The number of rotatable bonds is 4. The van der Waals surface area contributed by atoms with Crippen molar-refractivity contribution in [1.29, 1.82) is 0 Å². The average molecular weight is 302 g/mol. The predicted octanol–water partition coefficient (Wildman–Crippen LogP) is 3.54. The van der Waals surface area contributed by atoms with Gasteiger partial charge < -0.3 is 4.57 Å². The smallest absolute Gasteiger partial charge is 0.191 e. The molecule has 0 aliphatic rings. The number of hydrogen-bond acceptors (Lipinski definition) is 5. The van der Waals surface area contributed by atoms with Crippen LogP contribution < -0.4 is 0 Å². The summed E-state index contributed by atoms with van der Waals surface area (Å²) in [5.74, 6) is 1.72. The lowest BCUT2D eigenvalue weighted by molar-refractivity contribution is 0.793. The van der Waals surface area contributed by atoms with Gasteiger partial charge in [-0.1, -0.05) is 42.1 Å². The SMILES string of the molecule is Cc1nc(CSc2nnc(-c3ccccc3)n2C)cs1. The number of thioether (sulfide) groups is 1. The first kappa shape index (κ1) is 13.3. The topological polar surface area (TPSA) is 43.6 Å². The van der Waals surface area contributed by atoms with Crippen molar-refractivity contribution >= 4 is 23.1 Å². The van der Waals surface area contributed by atoms with Gasteiger partial charge in [-0.05, 0) is 6.92 Å². The molecule has 0 aliphatic heterocycles. The summed E-state index contributed by atoms with van der Waals surface area (Å²) in [6.45, 7) is 2.02. The fourth-order valence-electron chi connectivity index (χ4n) is 1.89. The highest BCUT2D eigenvalue weighted by Crippen LogP contribution is 2.25. The zero-order valence-corrected chi connectivity index (χ0v) is 12.9. The Balaban J connectivity index is 1.77. The zero-order chi connectivity index (χ0) is 13.9. The summed E-state index contributed by atoms with van der Waals surface area (Å²) in [6, 6.07) is 10.1. The van der Waals surface area contributed by atoms with E-state index in [1.165, 1.54) is 0 Å². The Morgan fingerprint density at radius 3 is 2.70 bits per heavy atom. The lowest BCUT2D eigenvalue weighted by Crippen LogP contribution is -1.95. The van der Waals surface area contributed by atoms with Gasteiger partial charge in [0, 0.05) is 23.7 Å². The Bertz CT molecular complexity index is 703. The molecule has 0 bridgehead atoms. The molecule has 102 valence electrons. The second-order valence-electron chi connectivity index (χ2n) is 4.38. The molecular weight excluding hydrogens is 288 g/mol. The van der Waals surface area contributed by atoms with Crippen molar-refractivity contribution in [3.63, 3.8) is 0 Å². The van der Waals surface area contributed by atoms with E-state index in [1.54, 1.807) is 23.1 Å². The van der Waals surface area contributed by atoms with E-state index in [0.717, 1.165) is 33.0 Å². The molecule has 0 amide bonds. The molecule has 20 heavy (non-hydrogen) atoms. The molecule has 0 aliphatic carbocycles. The lowest BCUT2D eigenvalue weighted by Gasteiger charge is -2.02. The van der Waals surface area contributed by atoms with Gasteiger partial charge in [-0.15, -0.1) is 21.5 Å². The first-order valence-electron chi connectivity index (χ1n) is 6.22. The Morgan fingerprint density at radius 2 is 2.00 bits per heavy atom. The second kappa shape index (κ2) is 5.76. The molecular formula is C14H14N4S2. The molecule has 1 aromatic carbocycles. The standard InChI is InChI=1S/C14H14N4S2/c1-10-15-12(8-19-10)9-20-14-17-16-13(18(14)2)11-6-4-3-5-7-11/h3-8H,9H2,1-2H3. The minimum Gasteiger partial charge on any atom is -0.305 e. The second-order valence-corrected chi connectivity index (χ2v) is 6.38. The number of aromatic nitrogens is 4. The maximum absolute atomic E-state index is 4.46. The Morgan fingerprint density at radius 1 is 1.20 bits per heavy atom. The van der Waals surface area contributed by atoms with Crippen molar-refractivity contribution < 1.29 is 0 Å². The van der Waals surface area contributed by atoms with Crippen LogP contribution in [0.4, 0.5) is 0 Å². The van der Waals surface area contributed by atoms with Gasteiger partial charge in [0.15, 0.2) is 11.0 Å². The van der Waals surface area contributed by atoms with E-state index in [-0.39, 0.29) is 0 Å². The largest absolute Gasteiger partial charge is 0.305 e. The maximum atomic E-state index is 4.46. The van der Waals surface area contributed by atoms with Crippen molar-refractivity contribution in [2.45, 2.75) is 17.8 Å². The molecule has 4 nitrogen and oxygen atoms in total. The van der Waals surface area contributed by atoms with Gasteiger partial charge in [-0.2, -0.15) is 0 Å². The minimum atomic E-state index is 0.825. The molecule has 0 saturated heterocycles. The van der Waals surface area contributed by atoms with Gasteiger partial charge in [-0.3, -0.25) is 0 Å². The Hall–Kier alpha value is -1.66. The van der Waals surface area contributed by atoms with E-state index in [0.29, 0.717) is 0 Å². The van der Waals surface area contributed by atoms with Crippen molar-refractivity contribution in [3.8, 4) is 11.4 Å². The van der Waals surface area contributed by atoms with E-state index < -0.39 is 0 Å². The third-order valence-electron chi connectivity index (χ3n) is 2.88.